The lowest BCUT2D eigenvalue weighted by molar-refractivity contribution is 0.0225. The van der Waals surface area contributed by atoms with Gasteiger partial charge < -0.3 is 20.3 Å². The molecule has 17 heavy (non-hydrogen) atoms. The summed E-state index contributed by atoms with van der Waals surface area (Å²) < 4.78 is 11.9. The number of aliphatic hydroxyl groups excluding tert-OH is 1. The van der Waals surface area contributed by atoms with Crippen LogP contribution in [0.25, 0.3) is 11.2 Å². The smallest absolute Gasteiger partial charge is 0.186 e. The molecule has 0 aromatic carbocycles. The third-order valence-corrected chi connectivity index (χ3v) is 2.68. The Morgan fingerprint density at radius 2 is 2.29 bits per heavy atom. The molecule has 0 aliphatic carbocycles. The number of fused-ring (bicyclic) bond motifs is 1. The molecule has 2 aromatic rings. The van der Waals surface area contributed by atoms with Gasteiger partial charge in [0.1, 0.15) is 11.8 Å². The number of aromatic nitrogens is 4. The van der Waals surface area contributed by atoms with Gasteiger partial charge in [-0.05, 0) is 0 Å². The maximum atomic E-state index is 9.26. The predicted octanol–water partition coefficient (Wildman–Crippen LogP) is -0.729. The molecule has 1 aliphatic heterocycles. The van der Waals surface area contributed by atoms with E-state index < -0.39 is 18.6 Å². The minimum Gasteiger partial charge on any atom is -0.382 e. The molecular weight excluding hydrogens is 226 g/mol. The van der Waals surface area contributed by atoms with Crippen LogP contribution in [0.5, 0.6) is 0 Å². The fraction of sp³-hybridized carbons (Fsp3) is 0.444. The first kappa shape index (κ1) is 10.4. The molecule has 1 fully saturated rings. The number of ether oxygens (including phenoxy) is 2. The number of anilines is 1. The molecule has 3 atom stereocenters. The summed E-state index contributed by atoms with van der Waals surface area (Å²) in [5.74, 6) is 0.306. The molecule has 1 aliphatic rings. The van der Waals surface area contributed by atoms with E-state index in [1.165, 1.54) is 19.8 Å². The Hall–Kier alpha value is -1.77. The molecule has 3 heterocycles. The zero-order valence-corrected chi connectivity index (χ0v) is 9.02. The van der Waals surface area contributed by atoms with E-state index in [1.807, 2.05) is 0 Å². The number of nitrogen functional groups attached to an aromatic ring is 1. The largest absolute Gasteiger partial charge is 0.382 e. The standard InChI is InChI=1S/C9H11N5O3/c1-16-8(5-9(15)17-5)14-3-13-4-6(10)11-2-12-7(4)14/h2-3,5,8-9,15H,1H3,(H2,10,11,12)/t5?,8-,9?/m1/s1. The van der Waals surface area contributed by atoms with Crippen molar-refractivity contribution in [3.8, 4) is 0 Å². The van der Waals surface area contributed by atoms with Crippen molar-refractivity contribution in [2.24, 2.45) is 0 Å². The van der Waals surface area contributed by atoms with E-state index in [-0.39, 0.29) is 0 Å². The average Bonchev–Trinajstić information content (AvgIpc) is 2.88. The van der Waals surface area contributed by atoms with E-state index in [4.69, 9.17) is 15.2 Å². The van der Waals surface area contributed by atoms with Crippen LogP contribution in [-0.2, 0) is 9.47 Å². The minimum absolute atomic E-state index is 0.306. The van der Waals surface area contributed by atoms with E-state index in [1.54, 1.807) is 4.57 Å². The van der Waals surface area contributed by atoms with Crippen LogP contribution in [0.3, 0.4) is 0 Å². The van der Waals surface area contributed by atoms with Gasteiger partial charge in [0, 0.05) is 7.11 Å². The Bertz CT molecular complexity index is 557. The number of imidazole rings is 1. The Balaban J connectivity index is 2.07. The van der Waals surface area contributed by atoms with Gasteiger partial charge in [0.25, 0.3) is 0 Å². The predicted molar refractivity (Wildman–Crippen MR) is 56.7 cm³/mol. The lowest BCUT2D eigenvalue weighted by Gasteiger charge is -2.14. The number of methoxy groups -OCH3 is 1. The van der Waals surface area contributed by atoms with E-state index >= 15 is 0 Å². The molecule has 3 N–H and O–H groups in total. The topological polar surface area (TPSA) is 112 Å². The lowest BCUT2D eigenvalue weighted by atomic mass is 10.4. The molecule has 8 heteroatoms. The van der Waals surface area contributed by atoms with Gasteiger partial charge in [-0.15, -0.1) is 0 Å². The normalized spacial score (nSPS) is 25.1. The zero-order chi connectivity index (χ0) is 12.0. The molecule has 0 saturated carbocycles. The third-order valence-electron chi connectivity index (χ3n) is 2.68. The van der Waals surface area contributed by atoms with Gasteiger partial charge in [-0.2, -0.15) is 0 Å². The van der Waals surface area contributed by atoms with E-state index in [0.717, 1.165) is 0 Å². The second-order valence-corrected chi connectivity index (χ2v) is 3.70. The van der Waals surface area contributed by atoms with Crippen molar-refractivity contribution in [1.29, 1.82) is 0 Å². The lowest BCUT2D eigenvalue weighted by Crippen LogP contribution is -2.18. The number of hydrogen-bond acceptors (Lipinski definition) is 7. The Morgan fingerprint density at radius 3 is 2.94 bits per heavy atom. The van der Waals surface area contributed by atoms with Crippen LogP contribution in [0.2, 0.25) is 0 Å². The number of rotatable bonds is 3. The highest BCUT2D eigenvalue weighted by Crippen LogP contribution is 2.33. The molecule has 0 radical (unpaired) electrons. The second-order valence-electron chi connectivity index (χ2n) is 3.70. The summed E-state index contributed by atoms with van der Waals surface area (Å²) in [6.07, 6.45) is 1.19. The number of epoxide rings is 1. The van der Waals surface area contributed by atoms with Crippen LogP contribution in [0, 0.1) is 0 Å². The van der Waals surface area contributed by atoms with Gasteiger partial charge >= 0.3 is 0 Å². The van der Waals surface area contributed by atoms with E-state index in [9.17, 15) is 5.11 Å². The van der Waals surface area contributed by atoms with Gasteiger partial charge in [-0.1, -0.05) is 0 Å². The zero-order valence-electron chi connectivity index (χ0n) is 9.02. The van der Waals surface area contributed by atoms with Crippen molar-refractivity contribution >= 4 is 17.0 Å². The van der Waals surface area contributed by atoms with Crippen molar-refractivity contribution in [1.82, 2.24) is 19.5 Å². The second kappa shape index (κ2) is 3.62. The van der Waals surface area contributed by atoms with Crippen LogP contribution in [-0.4, -0.2) is 44.1 Å². The molecule has 0 amide bonds. The van der Waals surface area contributed by atoms with Gasteiger partial charge in [-0.25, -0.2) is 15.0 Å². The quantitative estimate of drug-likeness (QED) is 0.677. The third kappa shape index (κ3) is 1.54. The minimum atomic E-state index is -0.809. The molecule has 2 aromatic heterocycles. The average molecular weight is 237 g/mol. The van der Waals surface area contributed by atoms with Crippen LogP contribution in [0.15, 0.2) is 12.7 Å². The summed E-state index contributed by atoms with van der Waals surface area (Å²) in [7, 11) is 1.52. The molecule has 8 nitrogen and oxygen atoms in total. The Morgan fingerprint density at radius 1 is 1.53 bits per heavy atom. The molecule has 90 valence electrons. The first-order valence-corrected chi connectivity index (χ1v) is 5.01. The summed E-state index contributed by atoms with van der Waals surface area (Å²) in [5, 5.41) is 9.26. The van der Waals surface area contributed by atoms with Crippen LogP contribution in [0.1, 0.15) is 6.23 Å². The molecule has 0 bridgehead atoms. The van der Waals surface area contributed by atoms with Crippen LogP contribution < -0.4 is 5.73 Å². The van der Waals surface area contributed by atoms with E-state index in [2.05, 4.69) is 15.0 Å². The Labute approximate surface area is 96.0 Å². The first-order valence-electron chi connectivity index (χ1n) is 5.01. The first-order chi connectivity index (χ1) is 8.22. The summed E-state index contributed by atoms with van der Waals surface area (Å²) >= 11 is 0. The Kier molecular flexibility index (Phi) is 2.21. The van der Waals surface area contributed by atoms with Crippen LogP contribution in [0.4, 0.5) is 5.82 Å². The maximum Gasteiger partial charge on any atom is 0.186 e. The number of nitrogens with two attached hydrogens (primary N) is 1. The summed E-state index contributed by atoms with van der Waals surface area (Å²) in [6, 6.07) is 0. The monoisotopic (exact) mass is 237 g/mol. The van der Waals surface area contributed by atoms with E-state index in [0.29, 0.717) is 17.0 Å². The molecule has 0 spiro atoms. The van der Waals surface area contributed by atoms with Crippen molar-refractivity contribution < 1.29 is 14.6 Å². The number of aliphatic hydroxyl groups is 1. The fourth-order valence-corrected chi connectivity index (χ4v) is 1.79. The molecule has 1 saturated heterocycles. The number of nitrogens with zero attached hydrogens (tertiary/aromatic N) is 4. The van der Waals surface area contributed by atoms with Crippen molar-refractivity contribution in [3.05, 3.63) is 12.7 Å². The van der Waals surface area contributed by atoms with Gasteiger partial charge in [0.2, 0.25) is 0 Å². The van der Waals surface area contributed by atoms with Crippen molar-refractivity contribution in [2.75, 3.05) is 12.8 Å². The SMILES string of the molecule is CO[C@H](C1OC1O)n1cnc2c(N)ncnc21. The van der Waals surface area contributed by atoms with Gasteiger partial charge in [0.15, 0.2) is 30.1 Å². The van der Waals surface area contributed by atoms with Crippen LogP contribution >= 0.6 is 0 Å². The van der Waals surface area contributed by atoms with Gasteiger partial charge in [0.05, 0.1) is 6.33 Å². The van der Waals surface area contributed by atoms with Crippen molar-refractivity contribution in [3.63, 3.8) is 0 Å². The summed E-state index contributed by atoms with van der Waals surface area (Å²) in [6.45, 7) is 0. The maximum absolute atomic E-state index is 9.26. The highest BCUT2D eigenvalue weighted by atomic mass is 16.7. The summed E-state index contributed by atoms with van der Waals surface area (Å²) in [4.78, 5) is 12.1. The molecule has 3 rings (SSSR count). The van der Waals surface area contributed by atoms with Crippen molar-refractivity contribution in [2.45, 2.75) is 18.6 Å². The highest BCUT2D eigenvalue weighted by Gasteiger charge is 2.45. The highest BCUT2D eigenvalue weighted by molar-refractivity contribution is 5.81. The fourth-order valence-electron chi connectivity index (χ4n) is 1.79. The molecular formula is C9H11N5O3. The number of hydrogen-bond donors (Lipinski definition) is 2. The molecule has 2 unspecified atom stereocenters. The van der Waals surface area contributed by atoms with Gasteiger partial charge in [-0.3, -0.25) is 4.57 Å². The summed E-state index contributed by atoms with van der Waals surface area (Å²) in [5.41, 5.74) is 6.73.